The van der Waals surface area contributed by atoms with Gasteiger partial charge in [-0.2, -0.15) is 0 Å². The van der Waals surface area contributed by atoms with Crippen molar-refractivity contribution in [3.63, 3.8) is 0 Å². The van der Waals surface area contributed by atoms with Gasteiger partial charge in [-0.15, -0.1) is 0 Å². The van der Waals surface area contributed by atoms with Crippen LogP contribution in [-0.2, 0) is 21.2 Å². The zero-order chi connectivity index (χ0) is 20.7. The number of nitrogens with one attached hydrogen (secondary N) is 1. The van der Waals surface area contributed by atoms with Crippen molar-refractivity contribution in [3.05, 3.63) is 59.7 Å². The summed E-state index contributed by atoms with van der Waals surface area (Å²) in [6.07, 6.45) is 2.68. The number of hydrogen-bond acceptors (Lipinski definition) is 4. The van der Waals surface area contributed by atoms with Gasteiger partial charge in [-0.3, -0.25) is 9.10 Å². The minimum atomic E-state index is -3.59. The van der Waals surface area contributed by atoms with E-state index in [-0.39, 0.29) is 5.91 Å². The molecule has 1 amide bonds. The van der Waals surface area contributed by atoms with Crippen molar-refractivity contribution in [1.82, 2.24) is 5.32 Å². The lowest BCUT2D eigenvalue weighted by Crippen LogP contribution is -2.48. The van der Waals surface area contributed by atoms with Crippen molar-refractivity contribution >= 4 is 21.6 Å². The van der Waals surface area contributed by atoms with Crippen LogP contribution in [0.5, 0.6) is 5.75 Å². The Morgan fingerprint density at radius 2 is 1.71 bits per heavy atom. The van der Waals surface area contributed by atoms with Crippen molar-refractivity contribution in [2.75, 3.05) is 24.2 Å². The second-order valence-corrected chi connectivity index (χ2v) is 8.67. The molecule has 1 N–H and O–H groups in total. The number of hydrogen-bond donors (Lipinski definition) is 1. The fourth-order valence-corrected chi connectivity index (χ4v) is 4.12. The number of carbonyl (C=O) groups excluding carboxylic acids is 1. The quantitative estimate of drug-likeness (QED) is 0.652. The maximum absolute atomic E-state index is 12.5. The molecule has 0 fully saturated rings. The van der Waals surface area contributed by atoms with E-state index in [0.29, 0.717) is 12.2 Å². The molecular weight excluding hydrogens is 376 g/mol. The monoisotopic (exact) mass is 404 g/mol. The van der Waals surface area contributed by atoms with Crippen LogP contribution in [0.2, 0.25) is 0 Å². The highest BCUT2D eigenvalue weighted by Crippen LogP contribution is 2.21. The Morgan fingerprint density at radius 1 is 1.11 bits per heavy atom. The standard InChI is InChI=1S/C21H28N2O4S/c1-16-7-11-19(12-8-16)23(28(4,25)26)17(2)21(24)22-15-5-6-18-9-13-20(27-3)14-10-18/h7-14,17H,5-6,15H2,1-4H3,(H,22,24)/t17-/m1/s1. The highest BCUT2D eigenvalue weighted by molar-refractivity contribution is 7.92. The van der Waals surface area contributed by atoms with E-state index in [2.05, 4.69) is 5.32 Å². The number of methoxy groups -OCH3 is 1. The molecule has 0 radical (unpaired) electrons. The summed E-state index contributed by atoms with van der Waals surface area (Å²) >= 11 is 0. The van der Waals surface area contributed by atoms with Gasteiger partial charge in [0, 0.05) is 6.54 Å². The van der Waals surface area contributed by atoms with E-state index in [1.165, 1.54) is 0 Å². The molecule has 0 aliphatic carbocycles. The van der Waals surface area contributed by atoms with Crippen LogP contribution in [0.25, 0.3) is 0 Å². The predicted octanol–water partition coefficient (Wildman–Crippen LogP) is 2.91. The van der Waals surface area contributed by atoms with Gasteiger partial charge in [0.25, 0.3) is 0 Å². The Kier molecular flexibility index (Phi) is 7.45. The molecule has 0 aliphatic heterocycles. The predicted molar refractivity (Wildman–Crippen MR) is 112 cm³/mol. The molecular formula is C21H28N2O4S. The summed E-state index contributed by atoms with van der Waals surface area (Å²) in [6.45, 7) is 3.99. The summed E-state index contributed by atoms with van der Waals surface area (Å²) in [4.78, 5) is 12.5. The number of anilines is 1. The Bertz CT molecular complexity index is 878. The van der Waals surface area contributed by atoms with Crippen LogP contribution in [0.4, 0.5) is 5.69 Å². The van der Waals surface area contributed by atoms with Gasteiger partial charge < -0.3 is 10.1 Å². The van der Waals surface area contributed by atoms with Crippen LogP contribution in [-0.4, -0.2) is 40.3 Å². The fourth-order valence-electron chi connectivity index (χ4n) is 2.94. The van der Waals surface area contributed by atoms with Crippen molar-refractivity contribution in [3.8, 4) is 5.75 Å². The zero-order valence-corrected chi connectivity index (χ0v) is 17.6. The summed E-state index contributed by atoms with van der Waals surface area (Å²) in [5.74, 6) is 0.489. The number of sulfonamides is 1. The van der Waals surface area contributed by atoms with Gasteiger partial charge in [0.05, 0.1) is 19.1 Å². The molecule has 0 unspecified atom stereocenters. The van der Waals surface area contributed by atoms with Crippen LogP contribution >= 0.6 is 0 Å². The minimum Gasteiger partial charge on any atom is -0.497 e. The normalized spacial score (nSPS) is 12.3. The summed E-state index contributed by atoms with van der Waals surface area (Å²) < 4.78 is 30.8. The third kappa shape index (κ3) is 5.99. The lowest BCUT2D eigenvalue weighted by atomic mass is 10.1. The van der Waals surface area contributed by atoms with E-state index in [9.17, 15) is 13.2 Å². The summed E-state index contributed by atoms with van der Waals surface area (Å²) in [5, 5.41) is 2.84. The Labute approximate surface area is 167 Å². The molecule has 2 rings (SSSR count). The third-order valence-corrected chi connectivity index (χ3v) is 5.72. The van der Waals surface area contributed by atoms with E-state index in [1.807, 2.05) is 43.3 Å². The molecule has 0 saturated carbocycles. The number of amides is 1. The number of benzene rings is 2. The van der Waals surface area contributed by atoms with E-state index in [0.717, 1.165) is 40.3 Å². The molecule has 6 nitrogen and oxygen atoms in total. The lowest BCUT2D eigenvalue weighted by molar-refractivity contribution is -0.121. The topological polar surface area (TPSA) is 75.7 Å². The van der Waals surface area contributed by atoms with Gasteiger partial charge in [-0.25, -0.2) is 8.42 Å². The molecule has 0 heterocycles. The van der Waals surface area contributed by atoms with Crippen LogP contribution < -0.4 is 14.4 Å². The van der Waals surface area contributed by atoms with Gasteiger partial charge in [0.2, 0.25) is 15.9 Å². The molecule has 0 saturated heterocycles. The molecule has 2 aromatic carbocycles. The Balaban J connectivity index is 1.94. The Hall–Kier alpha value is -2.54. The smallest absolute Gasteiger partial charge is 0.243 e. The largest absolute Gasteiger partial charge is 0.497 e. The number of ether oxygens (including phenoxy) is 1. The SMILES string of the molecule is COc1ccc(CCCNC(=O)[C@@H](C)N(c2ccc(C)cc2)S(C)(=O)=O)cc1. The number of carbonyl (C=O) groups is 1. The molecule has 152 valence electrons. The maximum atomic E-state index is 12.5. The molecule has 28 heavy (non-hydrogen) atoms. The van der Waals surface area contributed by atoms with E-state index < -0.39 is 16.1 Å². The van der Waals surface area contributed by atoms with Gasteiger partial charge in [0.1, 0.15) is 11.8 Å². The third-order valence-electron chi connectivity index (χ3n) is 4.48. The molecule has 0 aromatic heterocycles. The molecule has 0 bridgehead atoms. The summed E-state index contributed by atoms with van der Waals surface area (Å²) in [6, 6.07) is 14.0. The lowest BCUT2D eigenvalue weighted by Gasteiger charge is -2.28. The van der Waals surface area contributed by atoms with Crippen LogP contribution in [0.3, 0.4) is 0 Å². The molecule has 0 spiro atoms. The summed E-state index contributed by atoms with van der Waals surface area (Å²) in [7, 11) is -1.97. The molecule has 0 aliphatic rings. The average Bonchev–Trinajstić information content (AvgIpc) is 2.66. The van der Waals surface area contributed by atoms with Gasteiger partial charge in [-0.05, 0) is 56.5 Å². The molecule has 2 aromatic rings. The summed E-state index contributed by atoms with van der Waals surface area (Å²) in [5.41, 5.74) is 2.65. The van der Waals surface area contributed by atoms with Crippen molar-refractivity contribution < 1.29 is 17.9 Å². The van der Waals surface area contributed by atoms with Crippen molar-refractivity contribution in [1.29, 1.82) is 0 Å². The maximum Gasteiger partial charge on any atom is 0.243 e. The van der Waals surface area contributed by atoms with Gasteiger partial charge >= 0.3 is 0 Å². The first-order valence-corrected chi connectivity index (χ1v) is 11.0. The van der Waals surface area contributed by atoms with Crippen LogP contribution in [0, 0.1) is 6.92 Å². The van der Waals surface area contributed by atoms with Gasteiger partial charge in [-0.1, -0.05) is 29.8 Å². The molecule has 1 atom stereocenters. The van der Waals surface area contributed by atoms with E-state index in [1.54, 1.807) is 26.2 Å². The van der Waals surface area contributed by atoms with Crippen molar-refractivity contribution in [2.24, 2.45) is 0 Å². The fraction of sp³-hybridized carbons (Fsp3) is 0.381. The number of aryl methyl sites for hydroxylation is 2. The van der Waals surface area contributed by atoms with Gasteiger partial charge in [0.15, 0.2) is 0 Å². The van der Waals surface area contributed by atoms with Crippen molar-refractivity contribution in [2.45, 2.75) is 32.7 Å². The zero-order valence-electron chi connectivity index (χ0n) is 16.8. The number of rotatable bonds is 9. The number of nitrogens with zero attached hydrogens (tertiary/aromatic N) is 1. The highest BCUT2D eigenvalue weighted by atomic mass is 32.2. The average molecular weight is 405 g/mol. The minimum absolute atomic E-state index is 0.319. The van der Waals surface area contributed by atoms with E-state index in [4.69, 9.17) is 4.74 Å². The van der Waals surface area contributed by atoms with E-state index >= 15 is 0 Å². The second-order valence-electron chi connectivity index (χ2n) is 6.81. The highest BCUT2D eigenvalue weighted by Gasteiger charge is 2.28. The van der Waals surface area contributed by atoms with Crippen LogP contribution in [0.15, 0.2) is 48.5 Å². The van der Waals surface area contributed by atoms with Crippen LogP contribution in [0.1, 0.15) is 24.5 Å². The molecule has 7 heteroatoms. The first kappa shape index (κ1) is 21.8. The first-order chi connectivity index (χ1) is 13.2. The Morgan fingerprint density at radius 3 is 2.25 bits per heavy atom. The second kappa shape index (κ2) is 9.59. The first-order valence-electron chi connectivity index (χ1n) is 9.19.